The minimum Gasteiger partial charge on any atom is -0.387 e. The van der Waals surface area contributed by atoms with E-state index in [-0.39, 0.29) is 89.0 Å². The van der Waals surface area contributed by atoms with Crippen LogP contribution < -0.4 is 56.7 Å². The van der Waals surface area contributed by atoms with Crippen LogP contribution in [0.15, 0.2) is 55.3 Å². The summed E-state index contributed by atoms with van der Waals surface area (Å²) in [6.45, 7) is -9.21. The Hall–Kier alpha value is -6.89. The molecule has 4 bridgehead atoms. The number of anilines is 5. The van der Waals surface area contributed by atoms with Crippen LogP contribution in [0.2, 0.25) is 0 Å². The third kappa shape index (κ3) is 15.5. The van der Waals surface area contributed by atoms with Crippen molar-refractivity contribution in [3.8, 4) is 0 Å². The van der Waals surface area contributed by atoms with Gasteiger partial charge in [0.1, 0.15) is 84.1 Å². The second kappa shape index (κ2) is 31.1. The Morgan fingerprint density at radius 3 is 1.45 bits per heavy atom. The van der Waals surface area contributed by atoms with Crippen molar-refractivity contribution in [2.75, 3.05) is 75.4 Å². The van der Waals surface area contributed by atoms with E-state index in [0.717, 1.165) is 17.2 Å². The zero-order valence-electron chi connectivity index (χ0n) is 60.5. The number of aliphatic hydroxyl groups is 1. The van der Waals surface area contributed by atoms with Gasteiger partial charge in [0.05, 0.1) is 89.1 Å². The number of nitrogens with two attached hydrogens (primary N) is 5. The third-order valence-corrected chi connectivity index (χ3v) is 26.1. The van der Waals surface area contributed by atoms with E-state index in [4.69, 9.17) is 143 Å². The molecular formula is C58H77N21O28P4S3. The summed E-state index contributed by atoms with van der Waals surface area (Å²) < 4.78 is 127. The molecule has 18 N–H and O–H groups in total. The molecular weight excluding hydrogens is 1660 g/mol. The summed E-state index contributed by atoms with van der Waals surface area (Å²) in [6.07, 6.45) is -17.5. The lowest BCUT2D eigenvalue weighted by atomic mass is 9.94. The Balaban J connectivity index is 0.695. The van der Waals surface area contributed by atoms with Crippen LogP contribution in [0.25, 0.3) is 33.5 Å². The predicted molar refractivity (Wildman–Crippen MR) is 399 cm³/mol. The highest BCUT2D eigenvalue weighted by Crippen LogP contribution is 2.63. The Kier molecular flexibility index (Phi) is 22.4. The van der Waals surface area contributed by atoms with Crippen molar-refractivity contribution in [1.82, 2.24) is 77.7 Å². The first kappa shape index (κ1) is 82.2. The van der Waals surface area contributed by atoms with Crippen molar-refractivity contribution in [2.45, 2.75) is 176 Å². The van der Waals surface area contributed by atoms with Crippen LogP contribution in [0.1, 0.15) is 82.3 Å². The molecule has 9 unspecified atom stereocenters. The molecule has 7 saturated heterocycles. The molecule has 8 aromatic heterocycles. The summed E-state index contributed by atoms with van der Waals surface area (Å²) in [7, 11) is -4.29. The molecule has 114 heavy (non-hydrogen) atoms. The van der Waals surface area contributed by atoms with Crippen LogP contribution in [-0.4, -0.2) is 240 Å². The summed E-state index contributed by atoms with van der Waals surface area (Å²) in [5.74, 6) is -0.990. The quantitative estimate of drug-likeness (QED) is 0.0174. The van der Waals surface area contributed by atoms with E-state index in [1.807, 2.05) is 0 Å². The highest BCUT2D eigenvalue weighted by Gasteiger charge is 2.71. The first-order chi connectivity index (χ1) is 53.9. The number of nitrogens with zero attached hydrogens (tertiary/aromatic N) is 13. The molecule has 0 aromatic carbocycles. The number of rotatable bonds is 30. The number of ether oxygens (including phenoxy) is 9. The molecule has 0 spiro atoms. The number of H-pyrrole nitrogens is 3. The molecule has 8 aromatic rings. The number of aromatic amines is 3. The van der Waals surface area contributed by atoms with Crippen molar-refractivity contribution < 1.29 is 108 Å². The SMILES string of the molecule is CC[C@H]1O[C@@H](n2cc(C)c(N)nc2=O)CC1OP(O)(=S)OC[C@H]1O[C@@H](n2cc(C)c(N)nc2=O)CC1OP(O)(=S)OC[C@]12O[C@@H](n3cnc4c(=O)[nH]c(N)nc43)[C@@H](O[C@H]1C)C2OP(=O)(O)OC[C@]12O[C@@H](n3cnc4c(=O)[nH]c(N)nc43)[C@@H](O[C@H]1C)C2OP(O)(=S)OC[C@H]1O[C@@H](n2cnc3c(=O)[nH]c(N)nc32)[C@@H](OCCOC)C1O. The number of nitrogens with one attached hydrogen (secondary N) is 3. The maximum atomic E-state index is 15.2. The van der Waals surface area contributed by atoms with E-state index >= 15 is 4.57 Å². The van der Waals surface area contributed by atoms with Gasteiger partial charge in [0.25, 0.3) is 16.7 Å². The molecule has 15 heterocycles. The van der Waals surface area contributed by atoms with Gasteiger partial charge < -0.3 is 119 Å². The predicted octanol–water partition coefficient (Wildman–Crippen LogP) is -1.83. The normalized spacial score (nSPS) is 32.8. The monoisotopic (exact) mass is 1740 g/mol. The van der Waals surface area contributed by atoms with E-state index in [1.54, 1.807) is 20.8 Å². The number of hydrogen-bond acceptors (Lipinski definition) is 40. The van der Waals surface area contributed by atoms with Crippen molar-refractivity contribution in [3.05, 3.63) is 94.5 Å². The largest absolute Gasteiger partial charge is 0.472 e. The number of aromatic nitrogens is 16. The fourth-order valence-corrected chi connectivity index (χ4v) is 20.2. The number of imidazole rings is 3. The number of methoxy groups -OCH3 is 1. The van der Waals surface area contributed by atoms with Crippen LogP contribution in [-0.2, 0) is 119 Å². The van der Waals surface area contributed by atoms with E-state index in [1.165, 1.54) is 57.9 Å². The average molecular weight is 1740 g/mol. The molecule has 0 amide bonds. The van der Waals surface area contributed by atoms with Gasteiger partial charge in [0.15, 0.2) is 52.2 Å². The smallest absolute Gasteiger partial charge is 0.387 e. The summed E-state index contributed by atoms with van der Waals surface area (Å²) in [5.41, 5.74) is 21.7. The van der Waals surface area contributed by atoms with Gasteiger partial charge in [-0.05, 0) is 69.5 Å². The van der Waals surface area contributed by atoms with Gasteiger partial charge in [-0.2, -0.15) is 24.9 Å². The van der Waals surface area contributed by atoms with Crippen molar-refractivity contribution >= 4 is 126 Å². The number of fused-ring (bicyclic) bond motifs is 7. The van der Waals surface area contributed by atoms with Gasteiger partial charge in [-0.3, -0.25) is 65.7 Å². The van der Waals surface area contributed by atoms with Crippen LogP contribution in [0.3, 0.4) is 0 Å². The van der Waals surface area contributed by atoms with Crippen molar-refractivity contribution in [1.29, 1.82) is 0 Å². The maximum Gasteiger partial charge on any atom is 0.472 e. The van der Waals surface area contributed by atoms with Gasteiger partial charge >= 0.3 is 39.4 Å². The lowest BCUT2D eigenvalue weighted by Crippen LogP contribution is -2.51. The van der Waals surface area contributed by atoms with E-state index in [0.29, 0.717) is 17.5 Å². The second-order valence-electron chi connectivity index (χ2n) is 27.6. The van der Waals surface area contributed by atoms with E-state index < -0.39 is 204 Å². The number of aliphatic hydroxyl groups excluding tert-OH is 1. The molecule has 15 rings (SSSR count). The number of phosphoric acid groups is 1. The number of nitrogen functional groups attached to an aromatic ring is 5. The summed E-state index contributed by atoms with van der Waals surface area (Å²) in [5, 5.41) is 11.8. The molecule has 7 aliphatic heterocycles. The Morgan fingerprint density at radius 1 is 0.553 bits per heavy atom. The Bertz CT molecular complexity index is 5590. The Labute approximate surface area is 654 Å². The molecule has 49 nitrogen and oxygen atoms in total. The van der Waals surface area contributed by atoms with E-state index in [9.17, 15) is 48.7 Å². The molecule has 7 fully saturated rings. The van der Waals surface area contributed by atoms with Crippen LogP contribution in [0, 0.1) is 13.8 Å². The van der Waals surface area contributed by atoms with Gasteiger partial charge in [0.2, 0.25) is 17.8 Å². The van der Waals surface area contributed by atoms with Gasteiger partial charge in [0, 0.05) is 43.5 Å². The van der Waals surface area contributed by atoms with Gasteiger partial charge in [-0.1, -0.05) is 6.92 Å². The molecule has 7 aliphatic rings. The Morgan fingerprint density at radius 2 is 0.974 bits per heavy atom. The molecule has 56 heteroatoms. The molecule has 620 valence electrons. The average Bonchev–Trinajstić information content (AvgIpc) is 1.55. The lowest BCUT2D eigenvalue weighted by molar-refractivity contribution is -0.217. The summed E-state index contributed by atoms with van der Waals surface area (Å²) in [4.78, 5) is 154. The van der Waals surface area contributed by atoms with Crippen LogP contribution in [0.4, 0.5) is 29.5 Å². The van der Waals surface area contributed by atoms with E-state index in [2.05, 4.69) is 54.8 Å². The zero-order valence-corrected chi connectivity index (χ0v) is 66.5. The van der Waals surface area contributed by atoms with Crippen molar-refractivity contribution in [2.24, 2.45) is 0 Å². The maximum absolute atomic E-state index is 15.2. The molecule has 0 radical (unpaired) electrons. The first-order valence-electron chi connectivity index (χ1n) is 34.8. The standard InChI is InChI=1S/C58H77N21O28P4S3/c1-7-25-26(10-30(99-25)75-12-21(2)41(59)67-55(75)84)104-109(88,112)93-14-28-27(11-31(100-28)76-13-22(3)42(60)68-56(76)85)105-111(90,114)96-17-58-24(5)97-37(50(103-58)78-19-65-33-44(78)70-53(62)73-47(33)82)39(58)106-108(86,87)95-16-57-23(4)98-38(51(102-57)79-20-66-34-45(79)71-54(63)74-48(34)83)40(57)107-110(89,113)94-15-29-35(80)36(92-9-8-91-6)49(101-29)77-18-64-32-43(77)69-52(61)72-46(32)81/h12-13,18-20,23-31,35-40,49-51,80H,7-11,14-17H2,1-6H3,(H,86,87)(H,88,112)(H,89,113)(H,90,114)(H2,59,67,84)(H2,60,68,85)(H3,61,69,72,81)(H3,62,70,73,82)(H3,63,71,74,83)/t23-,24-,25+,26?,27?,28+,29+,30+,31+,35?,36-,37-,38-,39?,40?,49+,50+,51+,57-,58-,109?,110?,111?/m0/s1. The number of phosphoric ester groups is 1. The van der Waals surface area contributed by atoms with Gasteiger partial charge in [-0.15, -0.1) is 0 Å². The number of hydrogen-bond donors (Lipinski definition) is 13. The minimum atomic E-state index is -5.71. The summed E-state index contributed by atoms with van der Waals surface area (Å²) >= 11 is 16.9. The zero-order chi connectivity index (χ0) is 81.4. The molecule has 0 saturated carbocycles. The molecule has 24 atom stereocenters. The first-order valence-corrected chi connectivity index (χ1v) is 44.1. The summed E-state index contributed by atoms with van der Waals surface area (Å²) in [6, 6.07) is 0. The number of aryl methyl sites for hydroxylation is 2. The fraction of sp³-hybridized carbons (Fsp3) is 0.603. The van der Waals surface area contributed by atoms with Gasteiger partial charge in [-0.25, -0.2) is 29.1 Å². The third-order valence-electron chi connectivity index (χ3n) is 20.5. The highest BCUT2D eigenvalue weighted by atomic mass is 32.5. The lowest BCUT2D eigenvalue weighted by Gasteiger charge is -2.38. The minimum absolute atomic E-state index is 0.0125. The van der Waals surface area contributed by atoms with Crippen LogP contribution in [0.5, 0.6) is 0 Å². The highest BCUT2D eigenvalue weighted by molar-refractivity contribution is 8.07. The molecule has 0 aliphatic carbocycles. The fourth-order valence-electron chi connectivity index (χ4n) is 14.8. The van der Waals surface area contributed by atoms with Crippen LogP contribution >= 0.6 is 28.0 Å². The second-order valence-corrected chi connectivity index (χ2v) is 37.4. The van der Waals surface area contributed by atoms with Crippen molar-refractivity contribution in [3.63, 3.8) is 0 Å². The topological polar surface area (TPSA) is 666 Å².